The minimum absolute atomic E-state index is 0.225. The summed E-state index contributed by atoms with van der Waals surface area (Å²) >= 11 is 0. The number of carbonyl (C=O) groups excluding carboxylic acids is 2. The van der Waals surface area contributed by atoms with E-state index in [0.717, 1.165) is 24.5 Å². The Kier molecular flexibility index (Phi) is 5.21. The second-order valence-corrected chi connectivity index (χ2v) is 6.44. The smallest absolute Gasteiger partial charge is 0.256 e. The molecule has 4 rings (SSSR count). The minimum atomic E-state index is -0.236. The number of nitrogens with one attached hydrogen (secondary N) is 1. The number of morpholine rings is 1. The van der Waals surface area contributed by atoms with E-state index in [1.807, 2.05) is 30.3 Å². The second-order valence-electron chi connectivity index (χ2n) is 6.44. The number of hydrogen-bond donors (Lipinski definition) is 1. The fourth-order valence-electron chi connectivity index (χ4n) is 3.31. The number of furan rings is 1. The molecule has 0 aliphatic carbocycles. The van der Waals surface area contributed by atoms with Gasteiger partial charge in [-0.15, -0.1) is 0 Å². The lowest BCUT2D eigenvalue weighted by Crippen LogP contribution is -2.36. The van der Waals surface area contributed by atoms with E-state index < -0.39 is 0 Å². The van der Waals surface area contributed by atoms with Gasteiger partial charge in [0.2, 0.25) is 0 Å². The average molecular weight is 376 g/mol. The van der Waals surface area contributed by atoms with Crippen LogP contribution in [-0.2, 0) is 4.74 Å². The summed E-state index contributed by atoms with van der Waals surface area (Å²) in [7, 11) is 0. The fraction of sp³-hybridized carbons (Fsp3) is 0.182. The van der Waals surface area contributed by atoms with Crippen LogP contribution in [0.3, 0.4) is 0 Å². The lowest BCUT2D eigenvalue weighted by atomic mass is 10.0. The monoisotopic (exact) mass is 376 g/mol. The van der Waals surface area contributed by atoms with Crippen LogP contribution in [-0.4, -0.2) is 38.5 Å². The summed E-state index contributed by atoms with van der Waals surface area (Å²) in [6.45, 7) is 2.90. The number of benzene rings is 2. The first kappa shape index (κ1) is 18.0. The number of carbonyl (C=O) groups is 2. The molecule has 1 fully saturated rings. The molecule has 3 aromatic rings. The lowest BCUT2D eigenvalue weighted by molar-refractivity contribution is 0.102. The van der Waals surface area contributed by atoms with Crippen molar-refractivity contribution in [2.75, 3.05) is 36.5 Å². The molecule has 0 unspecified atom stereocenters. The molecule has 1 saturated heterocycles. The first-order chi connectivity index (χ1) is 13.8. The number of hydrogen-bond acceptors (Lipinski definition) is 5. The van der Waals surface area contributed by atoms with Crippen molar-refractivity contribution in [3.05, 3.63) is 72.0 Å². The molecule has 1 aliphatic heterocycles. The highest BCUT2D eigenvalue weighted by Gasteiger charge is 2.19. The third-order valence-electron chi connectivity index (χ3n) is 4.68. The molecule has 1 amide bonds. The summed E-state index contributed by atoms with van der Waals surface area (Å²) in [4.78, 5) is 26.2. The molecule has 0 bridgehead atoms. The molecule has 0 atom stereocenters. The Hall–Kier alpha value is -3.38. The van der Waals surface area contributed by atoms with Gasteiger partial charge in [-0.3, -0.25) is 9.59 Å². The third kappa shape index (κ3) is 3.68. The van der Waals surface area contributed by atoms with E-state index in [1.165, 1.54) is 0 Å². The van der Waals surface area contributed by atoms with Crippen LogP contribution in [0, 0.1) is 0 Å². The molecule has 1 N–H and O–H groups in total. The van der Waals surface area contributed by atoms with Gasteiger partial charge in [0.05, 0.1) is 30.2 Å². The van der Waals surface area contributed by atoms with Crippen molar-refractivity contribution in [2.45, 2.75) is 0 Å². The van der Waals surface area contributed by atoms with E-state index in [1.54, 1.807) is 30.3 Å². The van der Waals surface area contributed by atoms with Crippen LogP contribution in [0.2, 0.25) is 0 Å². The number of anilines is 2. The van der Waals surface area contributed by atoms with Crippen molar-refractivity contribution in [3.63, 3.8) is 0 Å². The van der Waals surface area contributed by atoms with Gasteiger partial charge in [-0.1, -0.05) is 30.3 Å². The van der Waals surface area contributed by atoms with Gasteiger partial charge < -0.3 is 19.4 Å². The van der Waals surface area contributed by atoms with Crippen molar-refractivity contribution >= 4 is 23.6 Å². The SMILES string of the molecule is O=Cc1ccc(-c2ccccc2C(=O)Nc2ccccc2N2CCOCC2)o1. The molecule has 6 nitrogen and oxygen atoms in total. The number of amides is 1. The third-order valence-corrected chi connectivity index (χ3v) is 4.68. The molecule has 142 valence electrons. The highest BCUT2D eigenvalue weighted by Crippen LogP contribution is 2.29. The minimum Gasteiger partial charge on any atom is -0.453 e. The maximum atomic E-state index is 13.1. The van der Waals surface area contributed by atoms with Crippen molar-refractivity contribution in [1.29, 1.82) is 0 Å². The summed E-state index contributed by atoms with van der Waals surface area (Å²) < 4.78 is 10.9. The molecule has 1 aliphatic rings. The van der Waals surface area contributed by atoms with Crippen LogP contribution in [0.25, 0.3) is 11.3 Å². The normalized spacial score (nSPS) is 13.9. The molecule has 2 heterocycles. The van der Waals surface area contributed by atoms with Crippen LogP contribution in [0.4, 0.5) is 11.4 Å². The summed E-state index contributed by atoms with van der Waals surface area (Å²) in [5.74, 6) is 0.470. The standard InChI is InChI=1S/C22H20N2O4/c25-15-16-9-10-21(28-16)17-5-1-2-6-18(17)22(26)23-19-7-3-4-8-20(19)24-11-13-27-14-12-24/h1-10,15H,11-14H2,(H,23,26). The number of ether oxygens (including phenoxy) is 1. The van der Waals surface area contributed by atoms with E-state index in [4.69, 9.17) is 9.15 Å². The van der Waals surface area contributed by atoms with Gasteiger partial charge in [0.1, 0.15) is 5.76 Å². The van der Waals surface area contributed by atoms with E-state index in [9.17, 15) is 9.59 Å². The molecule has 0 spiro atoms. The average Bonchev–Trinajstić information content (AvgIpc) is 3.24. The molecular formula is C22H20N2O4. The van der Waals surface area contributed by atoms with Gasteiger partial charge in [0.25, 0.3) is 5.91 Å². The first-order valence-corrected chi connectivity index (χ1v) is 9.14. The Morgan fingerprint density at radius 3 is 2.50 bits per heavy atom. The fourth-order valence-corrected chi connectivity index (χ4v) is 3.31. The zero-order chi connectivity index (χ0) is 19.3. The molecular weight excluding hydrogens is 356 g/mol. The summed E-state index contributed by atoms with van der Waals surface area (Å²) in [5, 5.41) is 3.02. The quantitative estimate of drug-likeness (QED) is 0.685. The Bertz CT molecular complexity index is 989. The Labute approximate surface area is 162 Å². The number of para-hydroxylation sites is 2. The molecule has 28 heavy (non-hydrogen) atoms. The summed E-state index contributed by atoms with van der Waals surface area (Å²) in [6.07, 6.45) is 0.644. The highest BCUT2D eigenvalue weighted by atomic mass is 16.5. The van der Waals surface area contributed by atoms with E-state index in [2.05, 4.69) is 10.2 Å². The van der Waals surface area contributed by atoms with Crippen molar-refractivity contribution in [1.82, 2.24) is 0 Å². The molecule has 6 heteroatoms. The van der Waals surface area contributed by atoms with Crippen LogP contribution in [0.15, 0.2) is 65.1 Å². The summed E-state index contributed by atoms with van der Waals surface area (Å²) in [5.41, 5.74) is 2.83. The van der Waals surface area contributed by atoms with Gasteiger partial charge in [0.15, 0.2) is 12.0 Å². The Morgan fingerprint density at radius 2 is 1.71 bits per heavy atom. The molecule has 2 aromatic carbocycles. The van der Waals surface area contributed by atoms with Crippen LogP contribution in [0.1, 0.15) is 20.9 Å². The lowest BCUT2D eigenvalue weighted by Gasteiger charge is -2.30. The molecule has 0 saturated carbocycles. The molecule has 0 radical (unpaired) electrons. The predicted octanol–water partition coefficient (Wildman–Crippen LogP) is 3.85. The maximum Gasteiger partial charge on any atom is 0.256 e. The largest absolute Gasteiger partial charge is 0.453 e. The summed E-state index contributed by atoms with van der Waals surface area (Å²) in [6, 6.07) is 18.2. The van der Waals surface area contributed by atoms with E-state index in [-0.39, 0.29) is 11.7 Å². The van der Waals surface area contributed by atoms with Gasteiger partial charge in [0, 0.05) is 18.7 Å². The van der Waals surface area contributed by atoms with E-state index in [0.29, 0.717) is 36.4 Å². The van der Waals surface area contributed by atoms with Gasteiger partial charge in [-0.25, -0.2) is 0 Å². The van der Waals surface area contributed by atoms with E-state index >= 15 is 0 Å². The zero-order valence-electron chi connectivity index (χ0n) is 15.3. The van der Waals surface area contributed by atoms with Crippen LogP contribution in [0.5, 0.6) is 0 Å². The maximum absolute atomic E-state index is 13.1. The van der Waals surface area contributed by atoms with Crippen molar-refractivity contribution < 1.29 is 18.7 Å². The van der Waals surface area contributed by atoms with Crippen molar-refractivity contribution in [2.24, 2.45) is 0 Å². The second kappa shape index (κ2) is 8.10. The Morgan fingerprint density at radius 1 is 0.964 bits per heavy atom. The predicted molar refractivity (Wildman–Crippen MR) is 107 cm³/mol. The number of nitrogens with zero attached hydrogens (tertiary/aromatic N) is 1. The highest BCUT2D eigenvalue weighted by molar-refractivity contribution is 6.09. The Balaban J connectivity index is 1.63. The zero-order valence-corrected chi connectivity index (χ0v) is 15.3. The van der Waals surface area contributed by atoms with Crippen LogP contribution >= 0.6 is 0 Å². The first-order valence-electron chi connectivity index (χ1n) is 9.14. The van der Waals surface area contributed by atoms with Gasteiger partial charge >= 0.3 is 0 Å². The van der Waals surface area contributed by atoms with Gasteiger partial charge in [-0.05, 0) is 30.3 Å². The number of aldehydes is 1. The number of rotatable bonds is 5. The van der Waals surface area contributed by atoms with Crippen molar-refractivity contribution in [3.8, 4) is 11.3 Å². The molecule has 1 aromatic heterocycles. The topological polar surface area (TPSA) is 71.8 Å². The van der Waals surface area contributed by atoms with Gasteiger partial charge in [-0.2, -0.15) is 0 Å². The van der Waals surface area contributed by atoms with Crippen LogP contribution < -0.4 is 10.2 Å².